The number of para-hydroxylation sites is 2. The van der Waals surface area contributed by atoms with Crippen LogP contribution in [0.25, 0.3) is 10.9 Å². The van der Waals surface area contributed by atoms with E-state index in [0.29, 0.717) is 0 Å². The number of benzene rings is 2. The Morgan fingerprint density at radius 1 is 1.05 bits per heavy atom. The maximum absolute atomic E-state index is 4.79. The molecule has 4 heteroatoms. The molecule has 0 bridgehead atoms. The molecule has 102 valence electrons. The molecule has 2 aromatic carbocycles. The molecule has 4 rings (SSSR count). The van der Waals surface area contributed by atoms with Gasteiger partial charge in [0, 0.05) is 35.3 Å². The Bertz CT molecular complexity index is 915. The fourth-order valence-corrected chi connectivity index (χ4v) is 2.80. The molecule has 2 heterocycles. The predicted molar refractivity (Wildman–Crippen MR) is 83.8 cm³/mol. The van der Waals surface area contributed by atoms with Crippen molar-refractivity contribution in [1.82, 2.24) is 4.57 Å². The highest BCUT2D eigenvalue weighted by atomic mass is 15.3. The van der Waals surface area contributed by atoms with Gasteiger partial charge in [-0.25, -0.2) is 4.99 Å². The van der Waals surface area contributed by atoms with Crippen molar-refractivity contribution in [1.29, 1.82) is 0 Å². The van der Waals surface area contributed by atoms with E-state index in [-0.39, 0.29) is 0 Å². The minimum Gasteiger partial charge on any atom is -0.348 e. The Morgan fingerprint density at radius 2 is 1.81 bits per heavy atom. The number of azo groups is 2. The molecule has 1 aliphatic rings. The lowest BCUT2D eigenvalue weighted by Gasteiger charge is -1.93. The maximum Gasteiger partial charge on any atom is 0.242 e. The van der Waals surface area contributed by atoms with Gasteiger partial charge in [-0.2, -0.15) is 0 Å². The third kappa shape index (κ3) is 1.80. The van der Waals surface area contributed by atoms with E-state index in [1.807, 2.05) is 49.3 Å². The third-order valence-corrected chi connectivity index (χ3v) is 3.84. The molecule has 0 atom stereocenters. The van der Waals surface area contributed by atoms with Crippen molar-refractivity contribution >= 4 is 28.1 Å². The van der Waals surface area contributed by atoms with Crippen LogP contribution < -0.4 is 0 Å². The maximum atomic E-state index is 4.79. The minimum atomic E-state index is 0.768. The Balaban J connectivity index is 1.93. The van der Waals surface area contributed by atoms with Crippen molar-refractivity contribution in [3.05, 3.63) is 60.3 Å². The lowest BCUT2D eigenvalue weighted by molar-refractivity contribution is -0.469. The third-order valence-electron chi connectivity index (χ3n) is 3.84. The number of hydrogen-bond acceptors (Lipinski definition) is 1. The highest BCUT2D eigenvalue weighted by molar-refractivity contribution is 6.06. The number of fused-ring (bicyclic) bond motifs is 2. The SMILES string of the molecule is Cn1cc(N=C2N=[N+](C)c3ccccc32)c2ccccc21. The summed E-state index contributed by atoms with van der Waals surface area (Å²) in [5.74, 6) is 0.768. The highest BCUT2D eigenvalue weighted by Gasteiger charge is 2.26. The summed E-state index contributed by atoms with van der Waals surface area (Å²) in [6.45, 7) is 0. The van der Waals surface area contributed by atoms with Crippen LogP contribution in [-0.2, 0) is 7.05 Å². The molecule has 0 unspecified atom stereocenters. The van der Waals surface area contributed by atoms with E-state index < -0.39 is 0 Å². The monoisotopic (exact) mass is 275 g/mol. The van der Waals surface area contributed by atoms with Crippen molar-refractivity contribution in [3.63, 3.8) is 0 Å². The van der Waals surface area contributed by atoms with Gasteiger partial charge in [-0.15, -0.1) is 0 Å². The molecule has 0 spiro atoms. The minimum absolute atomic E-state index is 0.768. The number of nitrogens with zero attached hydrogens (tertiary/aromatic N) is 4. The normalized spacial score (nSPS) is 15.5. The summed E-state index contributed by atoms with van der Waals surface area (Å²) in [4.78, 5) is 4.79. The molecule has 0 radical (unpaired) electrons. The summed E-state index contributed by atoms with van der Waals surface area (Å²) in [6, 6.07) is 16.4. The number of amidine groups is 1. The quantitative estimate of drug-likeness (QED) is 0.601. The van der Waals surface area contributed by atoms with Crippen LogP contribution in [0.15, 0.2) is 64.8 Å². The van der Waals surface area contributed by atoms with Gasteiger partial charge < -0.3 is 4.57 Å². The molecular weight excluding hydrogens is 260 g/mol. The van der Waals surface area contributed by atoms with Crippen LogP contribution in [-0.4, -0.2) is 22.1 Å². The van der Waals surface area contributed by atoms with Crippen molar-refractivity contribution in [2.45, 2.75) is 0 Å². The lowest BCUT2D eigenvalue weighted by atomic mass is 10.1. The molecule has 0 amide bonds. The van der Waals surface area contributed by atoms with Crippen LogP contribution in [0.5, 0.6) is 0 Å². The van der Waals surface area contributed by atoms with Gasteiger partial charge in [0.2, 0.25) is 11.5 Å². The second-order valence-corrected chi connectivity index (χ2v) is 5.22. The number of aromatic nitrogens is 1. The van der Waals surface area contributed by atoms with Crippen LogP contribution in [0.1, 0.15) is 5.56 Å². The van der Waals surface area contributed by atoms with Crippen molar-refractivity contribution < 1.29 is 4.70 Å². The van der Waals surface area contributed by atoms with Gasteiger partial charge in [0.1, 0.15) is 0 Å². The summed E-state index contributed by atoms with van der Waals surface area (Å²) in [5.41, 5.74) is 4.30. The second kappa shape index (κ2) is 4.38. The van der Waals surface area contributed by atoms with Crippen molar-refractivity contribution in [2.24, 2.45) is 17.2 Å². The van der Waals surface area contributed by atoms with Crippen LogP contribution in [0.3, 0.4) is 0 Å². The average molecular weight is 275 g/mol. The van der Waals surface area contributed by atoms with Gasteiger partial charge in [0.15, 0.2) is 7.05 Å². The first-order valence-corrected chi connectivity index (χ1v) is 6.91. The number of aryl methyl sites for hydroxylation is 1. The summed E-state index contributed by atoms with van der Waals surface area (Å²) in [5, 5.41) is 5.69. The van der Waals surface area contributed by atoms with Gasteiger partial charge in [-0.3, -0.25) is 0 Å². The zero-order valence-corrected chi connectivity index (χ0v) is 12.0. The molecule has 0 saturated carbocycles. The Hall–Kier alpha value is -2.75. The van der Waals surface area contributed by atoms with E-state index >= 15 is 0 Å². The number of hydrogen-bond donors (Lipinski definition) is 0. The van der Waals surface area contributed by atoms with Crippen LogP contribution in [0.4, 0.5) is 11.4 Å². The van der Waals surface area contributed by atoms with Gasteiger partial charge in [0.05, 0.1) is 11.3 Å². The fraction of sp³-hybridized carbons (Fsp3) is 0.118. The zero-order valence-electron chi connectivity index (χ0n) is 12.0. The second-order valence-electron chi connectivity index (χ2n) is 5.22. The Kier molecular flexibility index (Phi) is 2.51. The van der Waals surface area contributed by atoms with Gasteiger partial charge in [-0.1, -0.05) is 35.0 Å². The molecule has 0 fully saturated rings. The van der Waals surface area contributed by atoms with Crippen molar-refractivity contribution in [3.8, 4) is 0 Å². The predicted octanol–water partition coefficient (Wildman–Crippen LogP) is 4.00. The Labute approximate surface area is 122 Å². The van der Waals surface area contributed by atoms with E-state index in [1.54, 1.807) is 0 Å². The fourth-order valence-electron chi connectivity index (χ4n) is 2.80. The molecule has 0 N–H and O–H groups in total. The molecule has 21 heavy (non-hydrogen) atoms. The molecule has 1 aromatic heterocycles. The Morgan fingerprint density at radius 3 is 2.71 bits per heavy atom. The molecule has 4 nitrogen and oxygen atoms in total. The first-order valence-electron chi connectivity index (χ1n) is 6.91. The van der Waals surface area contributed by atoms with Gasteiger partial charge in [0.25, 0.3) is 0 Å². The average Bonchev–Trinajstić information content (AvgIpc) is 3.00. The number of aliphatic imine (C=N–C) groups is 1. The van der Waals surface area contributed by atoms with Crippen LogP contribution in [0.2, 0.25) is 0 Å². The van der Waals surface area contributed by atoms with E-state index in [0.717, 1.165) is 28.2 Å². The zero-order chi connectivity index (χ0) is 14.4. The highest BCUT2D eigenvalue weighted by Crippen LogP contribution is 2.31. The largest absolute Gasteiger partial charge is 0.348 e. The lowest BCUT2D eigenvalue weighted by Crippen LogP contribution is -1.90. The first-order chi connectivity index (χ1) is 10.2. The van der Waals surface area contributed by atoms with E-state index in [9.17, 15) is 0 Å². The van der Waals surface area contributed by atoms with Crippen LogP contribution >= 0.6 is 0 Å². The van der Waals surface area contributed by atoms with E-state index in [2.05, 4.69) is 33.9 Å². The molecule has 1 aliphatic heterocycles. The summed E-state index contributed by atoms with van der Waals surface area (Å²) in [7, 11) is 3.99. The van der Waals surface area contributed by atoms with E-state index in [4.69, 9.17) is 4.99 Å². The summed E-state index contributed by atoms with van der Waals surface area (Å²) in [6.07, 6.45) is 2.05. The van der Waals surface area contributed by atoms with E-state index in [1.165, 1.54) is 5.52 Å². The van der Waals surface area contributed by atoms with Crippen molar-refractivity contribution in [2.75, 3.05) is 7.05 Å². The summed E-state index contributed by atoms with van der Waals surface area (Å²) < 4.78 is 3.97. The smallest absolute Gasteiger partial charge is 0.242 e. The number of rotatable bonds is 1. The first kappa shape index (κ1) is 12.0. The van der Waals surface area contributed by atoms with Gasteiger partial charge >= 0.3 is 0 Å². The molecule has 0 saturated heterocycles. The van der Waals surface area contributed by atoms with Crippen LogP contribution in [0, 0.1) is 0 Å². The molecule has 0 aliphatic carbocycles. The summed E-state index contributed by atoms with van der Waals surface area (Å²) >= 11 is 0. The standard InChI is InChI=1S/C17H15N4/c1-20-11-14(12-7-3-5-9-15(12)20)18-17-13-8-4-6-10-16(13)21(2)19-17/h3-11H,1-2H3/q+1. The molecular formula is C17H15N4+. The molecule has 3 aromatic rings. The van der Waals surface area contributed by atoms with Gasteiger partial charge in [-0.05, 0) is 12.1 Å². The topological polar surface area (TPSA) is 32.7 Å².